The number of benzene rings is 1. The van der Waals surface area contributed by atoms with E-state index in [-0.39, 0.29) is 24.3 Å². The van der Waals surface area contributed by atoms with Gasteiger partial charge in [0.05, 0.1) is 11.5 Å². The molecule has 1 atom stereocenters. The molecule has 6 nitrogen and oxygen atoms in total. The predicted molar refractivity (Wildman–Crippen MR) is 91.4 cm³/mol. The zero-order chi connectivity index (χ0) is 16.4. The van der Waals surface area contributed by atoms with Crippen molar-refractivity contribution in [3.63, 3.8) is 0 Å². The summed E-state index contributed by atoms with van der Waals surface area (Å²) in [4.78, 5) is 1.97. The maximum absolute atomic E-state index is 11.7. The molecule has 0 aliphatic carbocycles. The zero-order valence-electron chi connectivity index (χ0n) is 12.9. The molecule has 1 fully saturated rings. The molecule has 0 unspecified atom stereocenters. The van der Waals surface area contributed by atoms with E-state index in [0.29, 0.717) is 24.6 Å². The van der Waals surface area contributed by atoms with Crippen LogP contribution < -0.4 is 14.8 Å². The number of ether oxygens (including phenoxy) is 2. The van der Waals surface area contributed by atoms with E-state index >= 15 is 0 Å². The standard InChI is InChI=1S/C15H20N2O4S2/c1-2-17(12-5-6-23(18,19)9-12)15(22)16-8-11-3-4-13-14(7-11)21-10-20-13/h3-4,7,12H,2,5-6,8-10H2,1H3,(H,16,22)/t12-/m0/s1. The highest BCUT2D eigenvalue weighted by Gasteiger charge is 2.32. The molecule has 23 heavy (non-hydrogen) atoms. The fourth-order valence-corrected chi connectivity index (χ4v) is 5.00. The molecule has 1 saturated heterocycles. The number of nitrogens with one attached hydrogen (secondary N) is 1. The fraction of sp³-hybridized carbons (Fsp3) is 0.533. The van der Waals surface area contributed by atoms with E-state index in [0.717, 1.165) is 17.1 Å². The van der Waals surface area contributed by atoms with Gasteiger partial charge in [-0.25, -0.2) is 8.42 Å². The molecule has 2 heterocycles. The van der Waals surface area contributed by atoms with Crippen molar-refractivity contribution in [3.05, 3.63) is 23.8 Å². The third kappa shape index (κ3) is 3.69. The van der Waals surface area contributed by atoms with Gasteiger partial charge >= 0.3 is 0 Å². The second-order valence-electron chi connectivity index (χ2n) is 5.69. The largest absolute Gasteiger partial charge is 0.454 e. The van der Waals surface area contributed by atoms with Gasteiger partial charge in [0, 0.05) is 19.1 Å². The summed E-state index contributed by atoms with van der Waals surface area (Å²) in [5, 5.41) is 3.80. The second kappa shape index (κ2) is 6.52. The van der Waals surface area contributed by atoms with Crippen LogP contribution in [0.4, 0.5) is 0 Å². The van der Waals surface area contributed by atoms with Crippen molar-refractivity contribution in [2.24, 2.45) is 0 Å². The van der Waals surface area contributed by atoms with Gasteiger partial charge in [-0.15, -0.1) is 0 Å². The van der Waals surface area contributed by atoms with Crippen LogP contribution in [-0.4, -0.2) is 49.3 Å². The number of sulfone groups is 1. The number of hydrogen-bond donors (Lipinski definition) is 1. The first-order valence-corrected chi connectivity index (χ1v) is 9.85. The van der Waals surface area contributed by atoms with Gasteiger partial charge in [-0.05, 0) is 43.3 Å². The molecule has 0 spiro atoms. The minimum atomic E-state index is -2.92. The first-order chi connectivity index (χ1) is 11.0. The molecule has 2 aliphatic rings. The van der Waals surface area contributed by atoms with Gasteiger partial charge in [0.1, 0.15) is 0 Å². The molecule has 1 N–H and O–H groups in total. The van der Waals surface area contributed by atoms with Crippen molar-refractivity contribution < 1.29 is 17.9 Å². The Labute approximate surface area is 141 Å². The minimum absolute atomic E-state index is 0.0262. The van der Waals surface area contributed by atoms with Crippen LogP contribution in [0.2, 0.25) is 0 Å². The lowest BCUT2D eigenvalue weighted by Crippen LogP contribution is -2.46. The summed E-state index contributed by atoms with van der Waals surface area (Å²) >= 11 is 5.45. The van der Waals surface area contributed by atoms with Gasteiger partial charge < -0.3 is 19.7 Å². The molecule has 2 aliphatic heterocycles. The van der Waals surface area contributed by atoms with E-state index in [1.54, 1.807) is 0 Å². The molecule has 126 valence electrons. The summed E-state index contributed by atoms with van der Waals surface area (Å²) < 4.78 is 34.0. The SMILES string of the molecule is CCN(C(=S)NCc1ccc2c(c1)OCO2)[C@H]1CCS(=O)(=O)C1. The van der Waals surface area contributed by atoms with Crippen LogP contribution in [0, 0.1) is 0 Å². The lowest BCUT2D eigenvalue weighted by Gasteiger charge is -2.29. The number of fused-ring (bicyclic) bond motifs is 1. The predicted octanol–water partition coefficient (Wildman–Crippen LogP) is 1.30. The van der Waals surface area contributed by atoms with Gasteiger partial charge in [-0.2, -0.15) is 0 Å². The van der Waals surface area contributed by atoms with Crippen molar-refractivity contribution in [2.45, 2.75) is 25.9 Å². The Morgan fingerprint density at radius 1 is 1.39 bits per heavy atom. The lowest BCUT2D eigenvalue weighted by molar-refractivity contribution is 0.174. The van der Waals surface area contributed by atoms with Crippen LogP contribution in [0.25, 0.3) is 0 Å². The third-order valence-corrected chi connectivity index (χ3v) is 6.26. The molecule has 1 aromatic rings. The Bertz CT molecular complexity index is 705. The summed E-state index contributed by atoms with van der Waals surface area (Å²) in [7, 11) is -2.92. The molecule has 8 heteroatoms. The smallest absolute Gasteiger partial charge is 0.231 e. The normalized spacial score (nSPS) is 21.2. The first-order valence-electron chi connectivity index (χ1n) is 7.62. The highest BCUT2D eigenvalue weighted by molar-refractivity contribution is 7.91. The second-order valence-corrected chi connectivity index (χ2v) is 8.30. The zero-order valence-corrected chi connectivity index (χ0v) is 14.6. The van der Waals surface area contributed by atoms with E-state index < -0.39 is 9.84 Å². The Hall–Kier alpha value is -1.54. The molecule has 0 saturated carbocycles. The quantitative estimate of drug-likeness (QED) is 0.816. The summed E-state index contributed by atoms with van der Waals surface area (Å²) in [6.45, 7) is 3.49. The van der Waals surface area contributed by atoms with Crippen molar-refractivity contribution in [2.75, 3.05) is 24.8 Å². The van der Waals surface area contributed by atoms with Gasteiger partial charge in [-0.3, -0.25) is 0 Å². The Kier molecular flexibility index (Phi) is 4.63. The summed E-state index contributed by atoms with van der Waals surface area (Å²) in [5.74, 6) is 1.93. The van der Waals surface area contributed by atoms with Crippen molar-refractivity contribution in [1.29, 1.82) is 0 Å². The summed E-state index contributed by atoms with van der Waals surface area (Å²) in [6, 6.07) is 5.73. The highest BCUT2D eigenvalue weighted by Crippen LogP contribution is 2.32. The molecule has 0 bridgehead atoms. The van der Waals surface area contributed by atoms with Gasteiger partial charge in [0.2, 0.25) is 6.79 Å². The molecule has 0 radical (unpaired) electrons. The Morgan fingerprint density at radius 3 is 2.87 bits per heavy atom. The summed E-state index contributed by atoms with van der Waals surface area (Å²) in [5.41, 5.74) is 1.03. The van der Waals surface area contributed by atoms with Crippen molar-refractivity contribution in [3.8, 4) is 11.5 Å². The van der Waals surface area contributed by atoms with Gasteiger partial charge in [-0.1, -0.05) is 6.07 Å². The van der Waals surface area contributed by atoms with E-state index in [9.17, 15) is 8.42 Å². The first kappa shape index (κ1) is 16.3. The van der Waals surface area contributed by atoms with Crippen molar-refractivity contribution >= 4 is 27.2 Å². The molecule has 1 aromatic carbocycles. The number of nitrogens with zero attached hydrogens (tertiary/aromatic N) is 1. The molecule has 3 rings (SSSR count). The number of rotatable bonds is 4. The highest BCUT2D eigenvalue weighted by atomic mass is 32.2. The monoisotopic (exact) mass is 356 g/mol. The maximum Gasteiger partial charge on any atom is 0.231 e. The van der Waals surface area contributed by atoms with E-state index in [4.69, 9.17) is 21.7 Å². The number of thiocarbonyl (C=S) groups is 1. The van der Waals surface area contributed by atoms with E-state index in [1.807, 2.05) is 30.0 Å². The van der Waals surface area contributed by atoms with Crippen LogP contribution in [0.1, 0.15) is 18.9 Å². The van der Waals surface area contributed by atoms with Crippen LogP contribution in [-0.2, 0) is 16.4 Å². The minimum Gasteiger partial charge on any atom is -0.454 e. The van der Waals surface area contributed by atoms with Crippen LogP contribution in [0.15, 0.2) is 18.2 Å². The maximum atomic E-state index is 11.7. The topological polar surface area (TPSA) is 67.9 Å². The van der Waals surface area contributed by atoms with Crippen molar-refractivity contribution in [1.82, 2.24) is 10.2 Å². The van der Waals surface area contributed by atoms with Crippen LogP contribution in [0.3, 0.4) is 0 Å². The van der Waals surface area contributed by atoms with Gasteiger partial charge in [0.25, 0.3) is 0 Å². The third-order valence-electron chi connectivity index (χ3n) is 4.13. The molecular formula is C15H20N2O4S2. The van der Waals surface area contributed by atoms with Crippen LogP contribution >= 0.6 is 12.2 Å². The lowest BCUT2D eigenvalue weighted by atomic mass is 10.2. The van der Waals surface area contributed by atoms with E-state index in [1.165, 1.54) is 0 Å². The fourth-order valence-electron chi connectivity index (χ4n) is 2.92. The average molecular weight is 356 g/mol. The Morgan fingerprint density at radius 2 is 2.17 bits per heavy atom. The number of hydrogen-bond acceptors (Lipinski definition) is 5. The molecule has 0 amide bonds. The summed E-state index contributed by atoms with van der Waals surface area (Å²) in [6.07, 6.45) is 0.641. The van der Waals surface area contributed by atoms with Crippen LogP contribution in [0.5, 0.6) is 11.5 Å². The average Bonchev–Trinajstić information content (AvgIpc) is 3.11. The Balaban J connectivity index is 1.59. The van der Waals surface area contributed by atoms with E-state index in [2.05, 4.69) is 5.32 Å². The molecule has 0 aromatic heterocycles. The van der Waals surface area contributed by atoms with Gasteiger partial charge in [0.15, 0.2) is 26.4 Å². The molecular weight excluding hydrogens is 336 g/mol.